The smallest absolute Gasteiger partial charge is 0.264 e. The summed E-state index contributed by atoms with van der Waals surface area (Å²) >= 11 is 0. The van der Waals surface area contributed by atoms with E-state index < -0.39 is 5.60 Å². The Morgan fingerprint density at radius 3 is 2.59 bits per heavy atom. The van der Waals surface area contributed by atoms with E-state index in [4.69, 9.17) is 9.47 Å². The van der Waals surface area contributed by atoms with Gasteiger partial charge in [0.2, 0.25) is 0 Å². The molecule has 0 bridgehead atoms. The predicted molar refractivity (Wildman–Crippen MR) is 103 cm³/mol. The van der Waals surface area contributed by atoms with Crippen LogP contribution in [0.15, 0.2) is 36.5 Å². The van der Waals surface area contributed by atoms with E-state index in [-0.39, 0.29) is 11.9 Å². The molecule has 1 aromatic heterocycles. The van der Waals surface area contributed by atoms with Gasteiger partial charge in [0, 0.05) is 33.2 Å². The minimum absolute atomic E-state index is 0.118. The van der Waals surface area contributed by atoms with Crippen molar-refractivity contribution in [2.45, 2.75) is 31.4 Å². The Kier molecular flexibility index (Phi) is 6.13. The highest BCUT2D eigenvalue weighted by molar-refractivity contribution is 5.86. The number of methoxy groups -OCH3 is 1. The summed E-state index contributed by atoms with van der Waals surface area (Å²) in [6.07, 6.45) is 2.93. The number of piperidine rings is 1. The number of amides is 1. The third-order valence-electron chi connectivity index (χ3n) is 5.01. The molecule has 1 unspecified atom stereocenters. The third-order valence-corrected chi connectivity index (χ3v) is 5.01. The van der Waals surface area contributed by atoms with Gasteiger partial charge in [-0.3, -0.25) is 9.48 Å². The maximum atomic E-state index is 13.3. The van der Waals surface area contributed by atoms with Crippen LogP contribution < -0.4 is 15.4 Å². The highest BCUT2D eigenvalue weighted by atomic mass is 16.5. The lowest BCUT2D eigenvalue weighted by atomic mass is 9.90. The molecule has 0 spiro atoms. The quantitative estimate of drug-likeness (QED) is 0.774. The lowest BCUT2D eigenvalue weighted by Crippen LogP contribution is -2.57. The summed E-state index contributed by atoms with van der Waals surface area (Å²) in [6, 6.07) is 9.42. The van der Waals surface area contributed by atoms with Crippen LogP contribution in [0, 0.1) is 6.92 Å². The molecule has 7 nitrogen and oxygen atoms in total. The first-order chi connectivity index (χ1) is 13.0. The molecule has 2 aromatic rings. The van der Waals surface area contributed by atoms with Gasteiger partial charge >= 0.3 is 0 Å². The second-order valence-corrected chi connectivity index (χ2v) is 7.02. The molecule has 3 rings (SSSR count). The molecule has 1 atom stereocenters. The summed E-state index contributed by atoms with van der Waals surface area (Å²) in [7, 11) is 3.48. The first kappa shape index (κ1) is 19.4. The summed E-state index contributed by atoms with van der Waals surface area (Å²) in [5, 5.41) is 10.6. The van der Waals surface area contributed by atoms with Crippen molar-refractivity contribution in [1.29, 1.82) is 0 Å². The summed E-state index contributed by atoms with van der Waals surface area (Å²) in [6.45, 7) is 3.87. The lowest BCUT2D eigenvalue weighted by Gasteiger charge is -2.37. The zero-order valence-electron chi connectivity index (χ0n) is 16.2. The van der Waals surface area contributed by atoms with Crippen LogP contribution in [-0.4, -0.2) is 48.1 Å². The lowest BCUT2D eigenvalue weighted by molar-refractivity contribution is -0.140. The van der Waals surface area contributed by atoms with Crippen molar-refractivity contribution in [2.24, 2.45) is 7.05 Å². The van der Waals surface area contributed by atoms with Gasteiger partial charge in [-0.25, -0.2) is 0 Å². The van der Waals surface area contributed by atoms with E-state index in [1.807, 2.05) is 44.3 Å². The van der Waals surface area contributed by atoms with Crippen LogP contribution in [0.1, 0.15) is 30.1 Å². The molecule has 1 fully saturated rings. The number of aryl methyl sites for hydroxylation is 2. The largest absolute Gasteiger partial charge is 0.477 e. The van der Waals surface area contributed by atoms with Crippen LogP contribution in [0.5, 0.6) is 5.75 Å². The molecule has 1 aliphatic heterocycles. The number of aromatic nitrogens is 2. The SMILES string of the molecule is COCC(NC(=O)C1(Oc2ccc(C)cc2)CCNCC1)c1ccnn1C. The minimum Gasteiger partial charge on any atom is -0.477 e. The molecule has 1 aliphatic rings. The molecular weight excluding hydrogens is 344 g/mol. The van der Waals surface area contributed by atoms with Gasteiger partial charge in [0.25, 0.3) is 5.91 Å². The fraction of sp³-hybridized carbons (Fsp3) is 0.500. The molecule has 0 radical (unpaired) electrons. The first-order valence-electron chi connectivity index (χ1n) is 9.28. The Morgan fingerprint density at radius 2 is 2.00 bits per heavy atom. The molecule has 0 saturated carbocycles. The van der Waals surface area contributed by atoms with E-state index in [1.165, 1.54) is 0 Å². The number of hydrogen-bond donors (Lipinski definition) is 2. The number of ether oxygens (including phenoxy) is 2. The van der Waals surface area contributed by atoms with Crippen molar-refractivity contribution in [1.82, 2.24) is 20.4 Å². The Hall–Kier alpha value is -2.38. The maximum Gasteiger partial charge on any atom is 0.264 e. The number of carbonyl (C=O) groups is 1. The Morgan fingerprint density at radius 1 is 1.30 bits per heavy atom. The number of nitrogens with zero attached hydrogens (tertiary/aromatic N) is 2. The van der Waals surface area contributed by atoms with Gasteiger partial charge in [-0.2, -0.15) is 5.10 Å². The van der Waals surface area contributed by atoms with Crippen LogP contribution in [0.25, 0.3) is 0 Å². The van der Waals surface area contributed by atoms with Gasteiger partial charge in [-0.05, 0) is 38.2 Å². The molecule has 1 aromatic carbocycles. The summed E-state index contributed by atoms with van der Waals surface area (Å²) in [5.74, 6) is 0.592. The molecule has 27 heavy (non-hydrogen) atoms. The summed E-state index contributed by atoms with van der Waals surface area (Å²) < 4.78 is 13.3. The van der Waals surface area contributed by atoms with Gasteiger partial charge in [0.15, 0.2) is 5.60 Å². The van der Waals surface area contributed by atoms with Gasteiger partial charge in [-0.1, -0.05) is 17.7 Å². The maximum absolute atomic E-state index is 13.3. The van der Waals surface area contributed by atoms with E-state index in [2.05, 4.69) is 15.7 Å². The van der Waals surface area contributed by atoms with E-state index in [0.717, 1.165) is 24.3 Å². The van der Waals surface area contributed by atoms with Gasteiger partial charge < -0.3 is 20.1 Å². The summed E-state index contributed by atoms with van der Waals surface area (Å²) in [5.41, 5.74) is 1.15. The van der Waals surface area contributed by atoms with Crippen molar-refractivity contribution >= 4 is 5.91 Å². The molecule has 2 N–H and O–H groups in total. The number of rotatable bonds is 7. The molecule has 1 saturated heterocycles. The van der Waals surface area contributed by atoms with Crippen molar-refractivity contribution in [3.05, 3.63) is 47.8 Å². The molecule has 2 heterocycles. The first-order valence-corrected chi connectivity index (χ1v) is 9.28. The number of hydrogen-bond acceptors (Lipinski definition) is 5. The van der Waals surface area contributed by atoms with Gasteiger partial charge in [0.1, 0.15) is 5.75 Å². The van der Waals surface area contributed by atoms with Crippen molar-refractivity contribution < 1.29 is 14.3 Å². The molecular formula is C20H28N4O3. The Labute approximate surface area is 160 Å². The normalized spacial score (nSPS) is 17.3. The Balaban J connectivity index is 1.81. The second kappa shape index (κ2) is 8.54. The fourth-order valence-electron chi connectivity index (χ4n) is 3.42. The number of carbonyl (C=O) groups excluding carboxylic acids is 1. The van der Waals surface area contributed by atoms with Crippen LogP contribution in [0.3, 0.4) is 0 Å². The highest BCUT2D eigenvalue weighted by Gasteiger charge is 2.43. The average molecular weight is 372 g/mol. The van der Waals surface area contributed by atoms with Crippen LogP contribution in [-0.2, 0) is 16.6 Å². The Bertz CT molecular complexity index is 751. The minimum atomic E-state index is -0.898. The molecule has 1 amide bonds. The zero-order valence-corrected chi connectivity index (χ0v) is 16.2. The average Bonchev–Trinajstić information content (AvgIpc) is 3.10. The predicted octanol–water partition coefficient (Wildman–Crippen LogP) is 1.73. The molecule has 0 aliphatic carbocycles. The zero-order chi connectivity index (χ0) is 19.3. The summed E-state index contributed by atoms with van der Waals surface area (Å²) in [4.78, 5) is 13.3. The highest BCUT2D eigenvalue weighted by Crippen LogP contribution is 2.28. The van der Waals surface area contributed by atoms with Crippen LogP contribution in [0.2, 0.25) is 0 Å². The van der Waals surface area contributed by atoms with Crippen LogP contribution in [0.4, 0.5) is 0 Å². The fourth-order valence-corrected chi connectivity index (χ4v) is 3.42. The van der Waals surface area contributed by atoms with Crippen molar-refractivity contribution in [3.8, 4) is 5.75 Å². The number of nitrogens with one attached hydrogen (secondary N) is 2. The van der Waals surface area contributed by atoms with Crippen molar-refractivity contribution in [3.63, 3.8) is 0 Å². The third kappa shape index (κ3) is 4.48. The van der Waals surface area contributed by atoms with Gasteiger partial charge in [0.05, 0.1) is 18.3 Å². The van der Waals surface area contributed by atoms with Gasteiger partial charge in [-0.15, -0.1) is 0 Å². The van der Waals surface area contributed by atoms with Crippen LogP contribution >= 0.6 is 0 Å². The molecule has 7 heteroatoms. The van der Waals surface area contributed by atoms with E-state index in [1.54, 1.807) is 18.0 Å². The van der Waals surface area contributed by atoms with Crippen molar-refractivity contribution in [2.75, 3.05) is 26.8 Å². The topological polar surface area (TPSA) is 77.4 Å². The second-order valence-electron chi connectivity index (χ2n) is 7.02. The molecule has 146 valence electrons. The standard InChI is InChI=1S/C20H28N4O3/c1-15-4-6-16(7-5-15)27-20(9-12-21-13-10-20)19(25)23-17(14-26-3)18-8-11-22-24(18)2/h4-8,11,17,21H,9-10,12-14H2,1-3H3,(H,23,25). The van der Waals surface area contributed by atoms with E-state index >= 15 is 0 Å². The monoisotopic (exact) mass is 372 g/mol. The number of benzene rings is 1. The van der Waals surface area contributed by atoms with E-state index in [9.17, 15) is 4.79 Å². The van der Waals surface area contributed by atoms with E-state index in [0.29, 0.717) is 25.2 Å².